The number of nitrogens with two attached hydrogens (primary N) is 1. The number of pyridine rings is 2. The second-order valence-electron chi connectivity index (χ2n) is 9.95. The lowest BCUT2D eigenvalue weighted by Crippen LogP contribution is -2.43. The summed E-state index contributed by atoms with van der Waals surface area (Å²) in [6.07, 6.45) is 15.0. The van der Waals surface area contributed by atoms with Crippen LogP contribution >= 0.6 is 0 Å². The number of rotatable bonds is 6. The normalized spacial score (nSPS) is 23.8. The fourth-order valence-corrected chi connectivity index (χ4v) is 5.73. The average molecular weight is 436 g/mol. The summed E-state index contributed by atoms with van der Waals surface area (Å²) in [5.41, 5.74) is 10.1. The number of hydrogen-bond acceptors (Lipinski definition) is 6. The molecule has 32 heavy (non-hydrogen) atoms. The van der Waals surface area contributed by atoms with Gasteiger partial charge < -0.3 is 15.4 Å². The van der Waals surface area contributed by atoms with Crippen molar-refractivity contribution in [3.05, 3.63) is 53.5 Å². The maximum Gasteiger partial charge on any atom is 0.123 e. The van der Waals surface area contributed by atoms with Crippen molar-refractivity contribution in [1.82, 2.24) is 19.8 Å². The topological polar surface area (TPSA) is 67.5 Å². The van der Waals surface area contributed by atoms with Crippen LogP contribution in [0.3, 0.4) is 0 Å². The molecule has 6 nitrogen and oxygen atoms in total. The highest BCUT2D eigenvalue weighted by atomic mass is 16.5. The first-order valence-corrected chi connectivity index (χ1v) is 12.4. The molecule has 2 aliphatic heterocycles. The third-order valence-corrected chi connectivity index (χ3v) is 7.56. The lowest BCUT2D eigenvalue weighted by Gasteiger charge is -2.38. The maximum atomic E-state index is 6.54. The van der Waals surface area contributed by atoms with Crippen LogP contribution in [-0.2, 0) is 24.1 Å². The SMILES string of the molecule is Nc1cc(CN2CCC(OC3CCN(CC4CCc5cnccc5C4)CC3)CC2)ccn1. The van der Waals surface area contributed by atoms with Crippen LogP contribution in [0.2, 0.25) is 0 Å². The Hall–Kier alpha value is -2.02. The first-order valence-electron chi connectivity index (χ1n) is 12.4. The number of piperidine rings is 2. The Balaban J connectivity index is 1.00. The van der Waals surface area contributed by atoms with E-state index in [1.807, 2.05) is 12.3 Å². The second-order valence-corrected chi connectivity index (χ2v) is 9.95. The molecule has 2 N–H and O–H groups in total. The van der Waals surface area contributed by atoms with Crippen molar-refractivity contribution in [3.63, 3.8) is 0 Å². The summed E-state index contributed by atoms with van der Waals surface area (Å²) in [5, 5.41) is 0. The van der Waals surface area contributed by atoms with E-state index in [1.54, 1.807) is 6.20 Å². The van der Waals surface area contributed by atoms with E-state index in [0.29, 0.717) is 18.0 Å². The molecule has 6 heteroatoms. The molecule has 1 aliphatic carbocycles. The molecule has 0 aromatic carbocycles. The van der Waals surface area contributed by atoms with E-state index in [4.69, 9.17) is 10.5 Å². The number of likely N-dealkylation sites (tertiary alicyclic amines) is 2. The van der Waals surface area contributed by atoms with Gasteiger partial charge in [0.2, 0.25) is 0 Å². The zero-order valence-corrected chi connectivity index (χ0v) is 19.2. The second kappa shape index (κ2) is 10.3. The van der Waals surface area contributed by atoms with Gasteiger partial charge in [0.05, 0.1) is 12.2 Å². The predicted octanol–water partition coefficient (Wildman–Crippen LogP) is 3.31. The molecule has 3 aliphatic rings. The summed E-state index contributed by atoms with van der Waals surface area (Å²) >= 11 is 0. The molecule has 1 atom stereocenters. The minimum atomic E-state index is 0.425. The van der Waals surface area contributed by atoms with Gasteiger partial charge in [0.25, 0.3) is 0 Å². The molecule has 0 amide bonds. The van der Waals surface area contributed by atoms with Crippen molar-refractivity contribution in [2.75, 3.05) is 38.5 Å². The Morgan fingerprint density at radius 2 is 1.66 bits per heavy atom. The average Bonchev–Trinajstić information content (AvgIpc) is 2.82. The van der Waals surface area contributed by atoms with Gasteiger partial charge in [-0.25, -0.2) is 4.98 Å². The van der Waals surface area contributed by atoms with Gasteiger partial charge in [0, 0.05) is 57.9 Å². The fourth-order valence-electron chi connectivity index (χ4n) is 5.73. The summed E-state index contributed by atoms with van der Waals surface area (Å²) in [6, 6.07) is 6.27. The van der Waals surface area contributed by atoms with Gasteiger partial charge in [0.1, 0.15) is 5.82 Å². The quantitative estimate of drug-likeness (QED) is 0.751. The van der Waals surface area contributed by atoms with Gasteiger partial charge in [-0.15, -0.1) is 0 Å². The number of aryl methyl sites for hydroxylation is 1. The fraction of sp³-hybridized carbons (Fsp3) is 0.615. The van der Waals surface area contributed by atoms with Gasteiger partial charge in [-0.3, -0.25) is 9.88 Å². The van der Waals surface area contributed by atoms with Crippen molar-refractivity contribution >= 4 is 5.82 Å². The summed E-state index contributed by atoms with van der Waals surface area (Å²) in [7, 11) is 0. The third kappa shape index (κ3) is 5.66. The Morgan fingerprint density at radius 3 is 2.41 bits per heavy atom. The van der Waals surface area contributed by atoms with Crippen LogP contribution in [0.1, 0.15) is 48.8 Å². The highest BCUT2D eigenvalue weighted by molar-refractivity contribution is 5.31. The summed E-state index contributed by atoms with van der Waals surface area (Å²) in [4.78, 5) is 13.6. The highest BCUT2D eigenvalue weighted by Gasteiger charge is 2.28. The molecule has 0 bridgehead atoms. The van der Waals surface area contributed by atoms with E-state index < -0.39 is 0 Å². The van der Waals surface area contributed by atoms with Crippen LogP contribution in [0.15, 0.2) is 36.8 Å². The molecule has 5 rings (SSSR count). The summed E-state index contributed by atoms with van der Waals surface area (Å²) in [5.74, 6) is 1.40. The largest absolute Gasteiger partial charge is 0.384 e. The third-order valence-electron chi connectivity index (χ3n) is 7.56. The number of anilines is 1. The molecule has 0 spiro atoms. The first kappa shape index (κ1) is 21.8. The zero-order chi connectivity index (χ0) is 21.8. The monoisotopic (exact) mass is 435 g/mol. The number of hydrogen-bond donors (Lipinski definition) is 1. The van der Waals surface area contributed by atoms with Crippen LogP contribution < -0.4 is 5.73 Å². The molecule has 2 saturated heterocycles. The predicted molar refractivity (Wildman–Crippen MR) is 127 cm³/mol. The number of aromatic nitrogens is 2. The van der Waals surface area contributed by atoms with Crippen LogP contribution in [0.5, 0.6) is 0 Å². The van der Waals surface area contributed by atoms with Crippen LogP contribution in [0.4, 0.5) is 5.82 Å². The number of nitrogen functional groups attached to an aromatic ring is 1. The van der Waals surface area contributed by atoms with E-state index in [-0.39, 0.29) is 0 Å². The first-order chi connectivity index (χ1) is 15.7. The van der Waals surface area contributed by atoms with E-state index in [1.165, 1.54) is 68.4 Å². The Morgan fingerprint density at radius 1 is 0.906 bits per heavy atom. The summed E-state index contributed by atoms with van der Waals surface area (Å²) < 4.78 is 6.54. The van der Waals surface area contributed by atoms with Crippen molar-refractivity contribution in [3.8, 4) is 0 Å². The number of fused-ring (bicyclic) bond motifs is 1. The molecular weight excluding hydrogens is 398 g/mol. The standard InChI is InChI=1S/C26H37N5O/c27-26-16-21(3-10-29-26)19-31-13-7-25(8-14-31)32-24-5-11-30(12-6-24)18-20-1-2-23-17-28-9-4-22(23)15-20/h3-4,9-10,16-17,20,24-25H,1-2,5-8,11-15,18-19H2,(H2,27,29). The lowest BCUT2D eigenvalue weighted by molar-refractivity contribution is -0.0668. The van der Waals surface area contributed by atoms with E-state index >= 15 is 0 Å². The van der Waals surface area contributed by atoms with Crippen molar-refractivity contribution in [1.29, 1.82) is 0 Å². The van der Waals surface area contributed by atoms with Crippen molar-refractivity contribution in [2.24, 2.45) is 5.92 Å². The Bertz CT molecular complexity index is 874. The number of nitrogens with zero attached hydrogens (tertiary/aromatic N) is 4. The Kier molecular flexibility index (Phi) is 7.00. The molecule has 0 radical (unpaired) electrons. The lowest BCUT2D eigenvalue weighted by atomic mass is 9.84. The van der Waals surface area contributed by atoms with Crippen LogP contribution in [-0.4, -0.2) is 64.7 Å². The molecule has 2 aromatic rings. The van der Waals surface area contributed by atoms with Gasteiger partial charge in [-0.2, -0.15) is 0 Å². The molecule has 0 saturated carbocycles. The van der Waals surface area contributed by atoms with E-state index in [2.05, 4.69) is 38.1 Å². The van der Waals surface area contributed by atoms with Gasteiger partial charge in [-0.1, -0.05) is 0 Å². The van der Waals surface area contributed by atoms with Crippen LogP contribution in [0, 0.1) is 5.92 Å². The van der Waals surface area contributed by atoms with Crippen molar-refractivity contribution < 1.29 is 4.74 Å². The number of ether oxygens (including phenoxy) is 1. The van der Waals surface area contributed by atoms with Crippen molar-refractivity contribution in [2.45, 2.75) is 63.7 Å². The Labute approximate surface area is 192 Å². The molecule has 172 valence electrons. The van der Waals surface area contributed by atoms with Gasteiger partial charge in [-0.05, 0) is 85.8 Å². The molecular formula is C26H37N5O. The van der Waals surface area contributed by atoms with Crippen LogP contribution in [0.25, 0.3) is 0 Å². The van der Waals surface area contributed by atoms with E-state index in [0.717, 1.165) is 38.4 Å². The molecule has 2 aromatic heterocycles. The minimum Gasteiger partial charge on any atom is -0.384 e. The molecule has 2 fully saturated rings. The molecule has 1 unspecified atom stereocenters. The summed E-state index contributed by atoms with van der Waals surface area (Å²) in [6.45, 7) is 6.78. The highest BCUT2D eigenvalue weighted by Crippen LogP contribution is 2.27. The maximum absolute atomic E-state index is 6.54. The smallest absolute Gasteiger partial charge is 0.123 e. The van der Waals surface area contributed by atoms with E-state index in [9.17, 15) is 0 Å². The van der Waals surface area contributed by atoms with Gasteiger partial charge >= 0.3 is 0 Å². The minimum absolute atomic E-state index is 0.425. The zero-order valence-electron chi connectivity index (χ0n) is 19.2. The van der Waals surface area contributed by atoms with Gasteiger partial charge in [0.15, 0.2) is 0 Å². The molecule has 4 heterocycles.